The third-order valence-electron chi connectivity index (χ3n) is 4.29. The maximum Gasteiger partial charge on any atom is 0.293 e. The van der Waals surface area contributed by atoms with E-state index in [0.29, 0.717) is 16.6 Å². The van der Waals surface area contributed by atoms with Crippen LogP contribution in [-0.2, 0) is 4.79 Å². The first kappa shape index (κ1) is 17.1. The summed E-state index contributed by atoms with van der Waals surface area (Å²) < 4.78 is 11.0. The van der Waals surface area contributed by atoms with Crippen molar-refractivity contribution in [3.05, 3.63) is 59.2 Å². The van der Waals surface area contributed by atoms with Crippen molar-refractivity contribution in [2.24, 2.45) is 0 Å². The van der Waals surface area contributed by atoms with Crippen LogP contribution in [0.2, 0.25) is 0 Å². The Balaban J connectivity index is 1.67. The number of amides is 1. The number of aromatic nitrogens is 1. The smallest absolute Gasteiger partial charge is 0.293 e. The summed E-state index contributed by atoms with van der Waals surface area (Å²) in [5, 5.41) is 2.39. The van der Waals surface area contributed by atoms with Crippen LogP contribution in [0.1, 0.15) is 5.56 Å². The molecule has 6 nitrogen and oxygen atoms in total. The summed E-state index contributed by atoms with van der Waals surface area (Å²) in [5.74, 6) is 1.42. The van der Waals surface area contributed by atoms with Crippen molar-refractivity contribution in [3.63, 3.8) is 0 Å². The lowest BCUT2D eigenvalue weighted by Gasteiger charge is -2.27. The van der Waals surface area contributed by atoms with E-state index < -0.39 is 0 Å². The minimum Gasteiger partial charge on any atom is -0.497 e. The second-order valence-electron chi connectivity index (χ2n) is 6.00. The zero-order valence-electron chi connectivity index (χ0n) is 14.8. The van der Waals surface area contributed by atoms with Crippen LogP contribution in [0, 0.1) is 0 Å². The highest BCUT2D eigenvalue weighted by molar-refractivity contribution is 7.13. The number of nitrogen functional groups attached to an aromatic ring is 1. The Bertz CT molecular complexity index is 1040. The first-order chi connectivity index (χ1) is 13.0. The van der Waals surface area contributed by atoms with E-state index >= 15 is 0 Å². The van der Waals surface area contributed by atoms with Gasteiger partial charge in [-0.1, -0.05) is 12.1 Å². The average molecular weight is 379 g/mol. The Morgan fingerprint density at radius 3 is 2.67 bits per heavy atom. The summed E-state index contributed by atoms with van der Waals surface area (Å²) in [5.41, 5.74) is 8.92. The van der Waals surface area contributed by atoms with Crippen LogP contribution < -0.4 is 20.1 Å². The van der Waals surface area contributed by atoms with Crippen LogP contribution in [0.4, 0.5) is 10.8 Å². The van der Waals surface area contributed by atoms with Gasteiger partial charge >= 0.3 is 0 Å². The third-order valence-corrected chi connectivity index (χ3v) is 4.96. The molecule has 4 rings (SSSR count). The van der Waals surface area contributed by atoms with Crippen molar-refractivity contribution in [1.82, 2.24) is 4.98 Å². The molecule has 1 aliphatic heterocycles. The summed E-state index contributed by atoms with van der Waals surface area (Å²) in [4.78, 5) is 18.6. The second kappa shape index (κ2) is 6.77. The average Bonchev–Trinajstić information content (AvgIpc) is 3.12. The molecule has 0 spiro atoms. The van der Waals surface area contributed by atoms with Gasteiger partial charge in [-0.2, -0.15) is 0 Å². The minimum absolute atomic E-state index is 0.215. The summed E-state index contributed by atoms with van der Waals surface area (Å²) >= 11 is 1.38. The summed E-state index contributed by atoms with van der Waals surface area (Å²) in [7, 11) is 3.34. The molecule has 136 valence electrons. The van der Waals surface area contributed by atoms with Gasteiger partial charge in [-0.05, 0) is 42.0 Å². The number of benzene rings is 2. The van der Waals surface area contributed by atoms with Crippen LogP contribution in [0.3, 0.4) is 0 Å². The Hall–Kier alpha value is -3.32. The molecule has 2 N–H and O–H groups in total. The zero-order valence-corrected chi connectivity index (χ0v) is 15.6. The zero-order chi connectivity index (χ0) is 19.0. The van der Waals surface area contributed by atoms with Gasteiger partial charge in [-0.25, -0.2) is 4.98 Å². The molecule has 2 heterocycles. The number of rotatable bonds is 3. The fraction of sp³-hybridized carbons (Fsp3) is 0.100. The van der Waals surface area contributed by atoms with Gasteiger partial charge in [0.05, 0.1) is 18.5 Å². The molecule has 0 atom stereocenters. The number of likely N-dealkylation sites (N-methyl/N-ethyl adjacent to an activating group) is 1. The summed E-state index contributed by atoms with van der Waals surface area (Å²) in [6.45, 7) is 0. The number of fused-ring (bicyclic) bond motifs is 1. The molecular weight excluding hydrogens is 362 g/mol. The molecule has 0 aliphatic carbocycles. The number of carbonyl (C=O) groups is 1. The normalized spacial score (nSPS) is 14.8. The molecule has 0 radical (unpaired) electrons. The Morgan fingerprint density at radius 2 is 2.00 bits per heavy atom. The molecule has 0 unspecified atom stereocenters. The van der Waals surface area contributed by atoms with Crippen molar-refractivity contribution in [3.8, 4) is 22.8 Å². The number of hydrogen-bond acceptors (Lipinski definition) is 6. The maximum atomic E-state index is 12.7. The molecule has 2 aromatic carbocycles. The van der Waals surface area contributed by atoms with Crippen molar-refractivity contribution in [2.45, 2.75) is 0 Å². The van der Waals surface area contributed by atoms with Crippen LogP contribution in [0.15, 0.2) is 53.6 Å². The van der Waals surface area contributed by atoms with E-state index in [1.165, 1.54) is 11.3 Å². The van der Waals surface area contributed by atoms with Crippen LogP contribution in [0.25, 0.3) is 17.3 Å². The third kappa shape index (κ3) is 3.24. The summed E-state index contributed by atoms with van der Waals surface area (Å²) in [6, 6.07) is 13.0. The molecule has 27 heavy (non-hydrogen) atoms. The number of carbonyl (C=O) groups excluding carboxylic acids is 1. The Kier molecular flexibility index (Phi) is 4.29. The first-order valence-corrected chi connectivity index (χ1v) is 9.10. The molecule has 3 aromatic rings. The lowest BCUT2D eigenvalue weighted by atomic mass is 10.1. The van der Waals surface area contributed by atoms with Gasteiger partial charge in [-0.15, -0.1) is 11.3 Å². The van der Waals surface area contributed by atoms with E-state index in [0.717, 1.165) is 22.6 Å². The molecule has 0 bridgehead atoms. The van der Waals surface area contributed by atoms with Crippen LogP contribution in [-0.4, -0.2) is 25.0 Å². The molecule has 1 aromatic heterocycles. The van der Waals surface area contributed by atoms with E-state index in [4.69, 9.17) is 15.2 Å². The Labute approximate surface area is 160 Å². The summed E-state index contributed by atoms with van der Waals surface area (Å²) in [6.07, 6.45) is 1.72. The van der Waals surface area contributed by atoms with Gasteiger partial charge in [0.25, 0.3) is 5.91 Å². The SMILES string of the molecule is COc1ccc(/C=C2/Oc3ccc(-c4csc(N)n4)cc3N(C)C2=O)cc1. The monoisotopic (exact) mass is 379 g/mol. The number of methoxy groups -OCH3 is 1. The quantitative estimate of drug-likeness (QED) is 0.701. The largest absolute Gasteiger partial charge is 0.497 e. The van der Waals surface area contributed by atoms with E-state index in [1.807, 2.05) is 47.8 Å². The Morgan fingerprint density at radius 1 is 1.22 bits per heavy atom. The van der Waals surface area contributed by atoms with Gasteiger partial charge in [0.1, 0.15) is 5.75 Å². The second-order valence-corrected chi connectivity index (χ2v) is 6.89. The first-order valence-electron chi connectivity index (χ1n) is 8.22. The number of hydrogen-bond donors (Lipinski definition) is 1. The highest BCUT2D eigenvalue weighted by Crippen LogP contribution is 2.38. The predicted octanol–water partition coefficient (Wildman–Crippen LogP) is 3.80. The predicted molar refractivity (Wildman–Crippen MR) is 107 cm³/mol. The van der Waals surface area contributed by atoms with Crippen molar-refractivity contribution >= 4 is 34.1 Å². The molecule has 0 fully saturated rings. The van der Waals surface area contributed by atoms with Gasteiger partial charge < -0.3 is 20.1 Å². The number of anilines is 2. The molecule has 1 amide bonds. The van der Waals surface area contributed by atoms with Crippen LogP contribution >= 0.6 is 11.3 Å². The number of thiazole rings is 1. The van der Waals surface area contributed by atoms with Crippen LogP contribution in [0.5, 0.6) is 11.5 Å². The molecule has 7 heteroatoms. The number of nitrogens with two attached hydrogens (primary N) is 1. The highest BCUT2D eigenvalue weighted by Gasteiger charge is 2.28. The lowest BCUT2D eigenvalue weighted by Crippen LogP contribution is -2.33. The van der Waals surface area contributed by atoms with Gasteiger partial charge in [0.2, 0.25) is 0 Å². The fourth-order valence-electron chi connectivity index (χ4n) is 2.82. The maximum absolute atomic E-state index is 12.7. The minimum atomic E-state index is -0.215. The molecular formula is C20H17N3O3S. The molecule has 0 saturated carbocycles. The van der Waals surface area contributed by atoms with Crippen molar-refractivity contribution in [1.29, 1.82) is 0 Å². The van der Waals surface area contributed by atoms with E-state index in [2.05, 4.69) is 4.98 Å². The lowest BCUT2D eigenvalue weighted by molar-refractivity contribution is -0.117. The number of nitrogens with zero attached hydrogens (tertiary/aromatic N) is 2. The molecule has 0 saturated heterocycles. The highest BCUT2D eigenvalue weighted by atomic mass is 32.1. The fourth-order valence-corrected chi connectivity index (χ4v) is 3.40. The van der Waals surface area contributed by atoms with Crippen molar-refractivity contribution < 1.29 is 14.3 Å². The standard InChI is InChI=1S/C20H17N3O3S/c1-23-16-10-13(15-11-27-20(21)22-15)5-8-17(16)26-18(19(23)24)9-12-3-6-14(25-2)7-4-12/h3-11H,1-2H3,(H2,21,22)/b18-9+. The van der Waals surface area contributed by atoms with E-state index in [-0.39, 0.29) is 11.7 Å². The number of ether oxygens (including phenoxy) is 2. The van der Waals surface area contributed by atoms with Gasteiger partial charge in [-0.3, -0.25) is 4.79 Å². The topological polar surface area (TPSA) is 77.7 Å². The van der Waals surface area contributed by atoms with Gasteiger partial charge in [0.15, 0.2) is 16.6 Å². The van der Waals surface area contributed by atoms with E-state index in [9.17, 15) is 4.79 Å². The van der Waals surface area contributed by atoms with Crippen molar-refractivity contribution in [2.75, 3.05) is 24.8 Å². The van der Waals surface area contributed by atoms with Gasteiger partial charge in [0, 0.05) is 18.0 Å². The molecule has 1 aliphatic rings. The van der Waals surface area contributed by atoms with E-state index in [1.54, 1.807) is 25.1 Å².